The molecule has 1 aromatic rings. The number of nitrogens with one attached hydrogen (secondary N) is 2. The Bertz CT molecular complexity index is 559. The van der Waals surface area contributed by atoms with Crippen molar-refractivity contribution in [1.29, 1.82) is 0 Å². The number of rotatable bonds is 2. The molecule has 3 nitrogen and oxygen atoms in total. The molecule has 1 aliphatic heterocycles. The molecule has 0 spiro atoms. The van der Waals surface area contributed by atoms with Gasteiger partial charge in [-0.1, -0.05) is 24.3 Å². The summed E-state index contributed by atoms with van der Waals surface area (Å²) in [7, 11) is 0. The molecule has 2 N–H and O–H groups in total. The Morgan fingerprint density at radius 2 is 2.10 bits per heavy atom. The van der Waals surface area contributed by atoms with Crippen molar-refractivity contribution in [3.05, 3.63) is 59.2 Å². The van der Waals surface area contributed by atoms with Crippen LogP contribution in [0.25, 0.3) is 6.08 Å². The number of hydrogen-bond acceptors (Lipinski definition) is 3. The third kappa shape index (κ3) is 5.92. The number of amides is 1. The fourth-order valence-electron chi connectivity index (χ4n) is 1.92. The lowest BCUT2D eigenvalue weighted by Crippen LogP contribution is -2.09. The van der Waals surface area contributed by atoms with Crippen LogP contribution in [0.3, 0.4) is 0 Å². The monoisotopic (exact) mass is 300 g/mol. The highest BCUT2D eigenvalue weighted by molar-refractivity contribution is 8.03. The molecule has 1 heterocycles. The number of anilines is 1. The first-order valence-electron chi connectivity index (χ1n) is 7.00. The average molecular weight is 300 g/mol. The molecule has 2 rings (SSSR count). The van der Waals surface area contributed by atoms with Crippen molar-refractivity contribution in [2.45, 2.75) is 13.3 Å². The summed E-state index contributed by atoms with van der Waals surface area (Å²) >= 11 is 1.87. The minimum Gasteiger partial charge on any atom is -0.390 e. The average Bonchev–Trinajstić information content (AvgIpc) is 2.47. The zero-order valence-electron chi connectivity index (χ0n) is 12.1. The van der Waals surface area contributed by atoms with E-state index in [-0.39, 0.29) is 5.91 Å². The Kier molecular flexibility index (Phi) is 6.16. The first-order valence-corrected chi connectivity index (χ1v) is 7.99. The zero-order valence-corrected chi connectivity index (χ0v) is 13.0. The molecule has 110 valence electrons. The SMILES string of the molecule is CC(=O)Nc1ccc(/C=C2/C/C=C\C=C/NCCS2)cc1. The maximum Gasteiger partial charge on any atom is 0.221 e. The van der Waals surface area contributed by atoms with Crippen LogP contribution in [-0.4, -0.2) is 18.2 Å². The molecule has 1 aliphatic rings. The van der Waals surface area contributed by atoms with E-state index in [2.05, 4.69) is 28.9 Å². The number of benzene rings is 1. The van der Waals surface area contributed by atoms with Gasteiger partial charge in [-0.05, 0) is 47.4 Å². The number of hydrogen-bond donors (Lipinski definition) is 2. The van der Waals surface area contributed by atoms with Crippen molar-refractivity contribution in [3.8, 4) is 0 Å². The molecule has 21 heavy (non-hydrogen) atoms. The van der Waals surface area contributed by atoms with Gasteiger partial charge in [0, 0.05) is 24.9 Å². The highest BCUT2D eigenvalue weighted by Crippen LogP contribution is 2.24. The first-order chi connectivity index (χ1) is 10.2. The van der Waals surface area contributed by atoms with E-state index in [1.807, 2.05) is 48.3 Å². The van der Waals surface area contributed by atoms with Crippen LogP contribution < -0.4 is 10.6 Å². The van der Waals surface area contributed by atoms with Crippen LogP contribution in [-0.2, 0) is 4.79 Å². The maximum absolute atomic E-state index is 11.0. The second-order valence-corrected chi connectivity index (χ2v) is 5.93. The normalized spacial score (nSPS) is 20.3. The minimum absolute atomic E-state index is 0.0466. The lowest BCUT2D eigenvalue weighted by molar-refractivity contribution is -0.114. The van der Waals surface area contributed by atoms with Crippen LogP contribution in [0.4, 0.5) is 5.69 Å². The third-order valence-electron chi connectivity index (χ3n) is 2.87. The summed E-state index contributed by atoms with van der Waals surface area (Å²) in [5.74, 6) is 1.00. The summed E-state index contributed by atoms with van der Waals surface area (Å²) in [4.78, 5) is 12.3. The molecule has 0 saturated carbocycles. The van der Waals surface area contributed by atoms with Crippen molar-refractivity contribution < 1.29 is 4.79 Å². The second-order valence-electron chi connectivity index (χ2n) is 4.71. The summed E-state index contributed by atoms with van der Waals surface area (Å²) in [6.07, 6.45) is 11.4. The zero-order chi connectivity index (χ0) is 14.9. The van der Waals surface area contributed by atoms with E-state index in [9.17, 15) is 4.79 Å². The molecular weight excluding hydrogens is 280 g/mol. The Morgan fingerprint density at radius 3 is 2.86 bits per heavy atom. The van der Waals surface area contributed by atoms with Crippen LogP contribution in [0.2, 0.25) is 0 Å². The Balaban J connectivity index is 2.06. The van der Waals surface area contributed by atoms with Gasteiger partial charge in [0.15, 0.2) is 0 Å². The molecule has 4 heteroatoms. The van der Waals surface area contributed by atoms with Crippen molar-refractivity contribution in [3.63, 3.8) is 0 Å². The number of allylic oxidation sites excluding steroid dienone is 4. The standard InChI is InChI=1S/C17H20N2OS/c1-14(20)19-16-8-6-15(7-9-16)13-17-5-3-2-4-10-18-11-12-21-17/h2-4,6-10,13,18H,5,11-12H2,1H3,(H,19,20)/b3-2-,10-4-,17-13-. The van der Waals surface area contributed by atoms with E-state index in [1.165, 1.54) is 11.8 Å². The molecule has 0 atom stereocenters. The second kappa shape index (κ2) is 8.37. The van der Waals surface area contributed by atoms with Gasteiger partial charge < -0.3 is 10.6 Å². The van der Waals surface area contributed by atoms with Gasteiger partial charge in [-0.2, -0.15) is 0 Å². The fourth-order valence-corrected chi connectivity index (χ4v) is 2.84. The fraction of sp³-hybridized carbons (Fsp3) is 0.235. The lowest BCUT2D eigenvalue weighted by atomic mass is 10.1. The highest BCUT2D eigenvalue weighted by atomic mass is 32.2. The molecule has 0 bridgehead atoms. The van der Waals surface area contributed by atoms with Crippen LogP contribution in [0.5, 0.6) is 0 Å². The van der Waals surface area contributed by atoms with Crippen LogP contribution in [0.1, 0.15) is 18.9 Å². The molecule has 0 fully saturated rings. The predicted molar refractivity (Wildman–Crippen MR) is 92.1 cm³/mol. The molecule has 0 unspecified atom stereocenters. The third-order valence-corrected chi connectivity index (χ3v) is 3.94. The van der Waals surface area contributed by atoms with Gasteiger partial charge >= 0.3 is 0 Å². The van der Waals surface area contributed by atoms with Gasteiger partial charge in [-0.15, -0.1) is 11.8 Å². The minimum atomic E-state index is -0.0466. The topological polar surface area (TPSA) is 41.1 Å². The van der Waals surface area contributed by atoms with Crippen molar-refractivity contribution in [2.24, 2.45) is 0 Å². The molecule has 1 aromatic carbocycles. The molecule has 1 amide bonds. The van der Waals surface area contributed by atoms with Gasteiger partial charge in [-0.3, -0.25) is 4.79 Å². The number of thioether (sulfide) groups is 1. The van der Waals surface area contributed by atoms with Crippen LogP contribution >= 0.6 is 11.8 Å². The van der Waals surface area contributed by atoms with Crippen LogP contribution in [0, 0.1) is 0 Å². The molecule has 0 radical (unpaired) electrons. The van der Waals surface area contributed by atoms with Crippen molar-refractivity contribution in [1.82, 2.24) is 5.32 Å². The van der Waals surface area contributed by atoms with Gasteiger partial charge in [0.2, 0.25) is 5.91 Å². The summed E-state index contributed by atoms with van der Waals surface area (Å²) in [6.45, 7) is 2.48. The summed E-state index contributed by atoms with van der Waals surface area (Å²) in [6, 6.07) is 7.91. The molecule has 0 saturated heterocycles. The smallest absolute Gasteiger partial charge is 0.221 e. The van der Waals surface area contributed by atoms with E-state index >= 15 is 0 Å². The van der Waals surface area contributed by atoms with Gasteiger partial charge in [0.25, 0.3) is 0 Å². The van der Waals surface area contributed by atoms with Crippen molar-refractivity contribution in [2.75, 3.05) is 17.6 Å². The van der Waals surface area contributed by atoms with E-state index in [0.717, 1.165) is 30.0 Å². The highest BCUT2D eigenvalue weighted by Gasteiger charge is 2.00. The summed E-state index contributed by atoms with van der Waals surface area (Å²) in [5.41, 5.74) is 1.98. The quantitative estimate of drug-likeness (QED) is 0.873. The number of carbonyl (C=O) groups excluding carboxylic acids is 1. The summed E-state index contributed by atoms with van der Waals surface area (Å²) < 4.78 is 0. The first kappa shape index (κ1) is 15.4. The van der Waals surface area contributed by atoms with E-state index in [4.69, 9.17) is 0 Å². The van der Waals surface area contributed by atoms with Gasteiger partial charge in [0.1, 0.15) is 0 Å². The van der Waals surface area contributed by atoms with Crippen LogP contribution in [0.15, 0.2) is 53.6 Å². The Labute approximate surface area is 130 Å². The maximum atomic E-state index is 11.0. The largest absolute Gasteiger partial charge is 0.390 e. The number of carbonyl (C=O) groups is 1. The van der Waals surface area contributed by atoms with Gasteiger partial charge in [0.05, 0.1) is 0 Å². The molecule has 0 aliphatic carbocycles. The Morgan fingerprint density at radius 1 is 1.29 bits per heavy atom. The predicted octanol–water partition coefficient (Wildman–Crippen LogP) is 3.78. The Hall–Kier alpha value is -1.94. The lowest BCUT2D eigenvalue weighted by Gasteiger charge is -2.07. The molecule has 0 aromatic heterocycles. The van der Waals surface area contributed by atoms with Crippen molar-refractivity contribution >= 4 is 29.4 Å². The van der Waals surface area contributed by atoms with E-state index < -0.39 is 0 Å². The van der Waals surface area contributed by atoms with E-state index in [1.54, 1.807) is 0 Å². The summed E-state index contributed by atoms with van der Waals surface area (Å²) in [5, 5.41) is 6.02. The molecular formula is C17H20N2OS. The van der Waals surface area contributed by atoms with E-state index in [0.29, 0.717) is 0 Å². The van der Waals surface area contributed by atoms with Gasteiger partial charge in [-0.25, -0.2) is 0 Å².